The van der Waals surface area contributed by atoms with Crippen LogP contribution >= 0.6 is 0 Å². The van der Waals surface area contributed by atoms with Crippen molar-refractivity contribution in [1.29, 1.82) is 0 Å². The standard InChI is InChI=1S/C21H27N3O/c1-15-6-8-17(9-7-15)14-20(19-5-3-4-11-23-19)24-21(25)18-10-12-22-16(2)13-18/h3-9,11,16,18,20,22H,10,12-14H2,1-2H3,(H,24,25)/t16-,18-,20?/m0/s1. The van der Waals surface area contributed by atoms with Crippen molar-refractivity contribution in [1.82, 2.24) is 15.6 Å². The van der Waals surface area contributed by atoms with E-state index in [0.717, 1.165) is 31.5 Å². The number of nitrogens with zero attached hydrogens (tertiary/aromatic N) is 1. The summed E-state index contributed by atoms with van der Waals surface area (Å²) >= 11 is 0. The second kappa shape index (κ2) is 8.26. The van der Waals surface area contributed by atoms with Crippen LogP contribution < -0.4 is 10.6 Å². The number of pyridine rings is 1. The lowest BCUT2D eigenvalue weighted by molar-refractivity contribution is -0.126. The molecular weight excluding hydrogens is 310 g/mol. The molecule has 1 amide bonds. The number of benzene rings is 1. The Labute approximate surface area is 150 Å². The van der Waals surface area contributed by atoms with Gasteiger partial charge in [0.25, 0.3) is 0 Å². The molecule has 1 aromatic heterocycles. The van der Waals surface area contributed by atoms with Crippen molar-refractivity contribution in [3.63, 3.8) is 0 Å². The molecule has 2 aromatic rings. The summed E-state index contributed by atoms with van der Waals surface area (Å²) in [5.41, 5.74) is 3.37. The first-order valence-electron chi connectivity index (χ1n) is 9.12. The van der Waals surface area contributed by atoms with Gasteiger partial charge in [0.2, 0.25) is 5.91 Å². The number of hydrogen-bond donors (Lipinski definition) is 2. The van der Waals surface area contributed by atoms with Crippen LogP contribution in [0.15, 0.2) is 48.7 Å². The summed E-state index contributed by atoms with van der Waals surface area (Å²) in [5.74, 6) is 0.233. The molecule has 132 valence electrons. The van der Waals surface area contributed by atoms with E-state index >= 15 is 0 Å². The molecule has 2 N–H and O–H groups in total. The maximum Gasteiger partial charge on any atom is 0.223 e. The number of carbonyl (C=O) groups excluding carboxylic acids is 1. The number of amides is 1. The molecular formula is C21H27N3O. The molecule has 0 aliphatic carbocycles. The van der Waals surface area contributed by atoms with Crippen molar-refractivity contribution in [3.05, 3.63) is 65.5 Å². The van der Waals surface area contributed by atoms with Gasteiger partial charge in [0.05, 0.1) is 11.7 Å². The Morgan fingerprint density at radius 2 is 2.08 bits per heavy atom. The van der Waals surface area contributed by atoms with E-state index in [-0.39, 0.29) is 17.9 Å². The van der Waals surface area contributed by atoms with E-state index in [0.29, 0.717) is 6.04 Å². The first-order chi connectivity index (χ1) is 12.1. The zero-order valence-corrected chi connectivity index (χ0v) is 15.0. The van der Waals surface area contributed by atoms with E-state index in [2.05, 4.69) is 53.7 Å². The molecule has 1 aliphatic rings. The number of nitrogens with one attached hydrogen (secondary N) is 2. The van der Waals surface area contributed by atoms with Crippen molar-refractivity contribution >= 4 is 5.91 Å². The van der Waals surface area contributed by atoms with E-state index in [1.807, 2.05) is 18.2 Å². The van der Waals surface area contributed by atoms with E-state index in [9.17, 15) is 4.79 Å². The first kappa shape index (κ1) is 17.6. The Kier molecular flexibility index (Phi) is 5.82. The zero-order chi connectivity index (χ0) is 17.6. The SMILES string of the molecule is Cc1ccc(CC(NC(=O)[C@H]2CCN[C@@H](C)C2)c2ccccn2)cc1. The zero-order valence-electron chi connectivity index (χ0n) is 15.0. The molecule has 3 rings (SSSR count). The van der Waals surface area contributed by atoms with Crippen LogP contribution in [0.1, 0.15) is 42.6 Å². The van der Waals surface area contributed by atoms with Crippen LogP contribution in [0.2, 0.25) is 0 Å². The number of piperidine rings is 1. The summed E-state index contributed by atoms with van der Waals surface area (Å²) in [5, 5.41) is 6.66. The predicted molar refractivity (Wildman–Crippen MR) is 100 cm³/mol. The maximum atomic E-state index is 12.8. The van der Waals surface area contributed by atoms with Gasteiger partial charge < -0.3 is 10.6 Å². The van der Waals surface area contributed by atoms with Gasteiger partial charge in [-0.25, -0.2) is 0 Å². The normalized spacial score (nSPS) is 21.5. The van der Waals surface area contributed by atoms with Crippen LogP contribution in [0.5, 0.6) is 0 Å². The number of rotatable bonds is 5. The second-order valence-corrected chi connectivity index (χ2v) is 7.08. The van der Waals surface area contributed by atoms with Gasteiger partial charge in [0.1, 0.15) is 0 Å². The number of aromatic nitrogens is 1. The summed E-state index contributed by atoms with van der Waals surface area (Å²) in [6.07, 6.45) is 4.33. The quantitative estimate of drug-likeness (QED) is 0.881. The minimum Gasteiger partial charge on any atom is -0.347 e. The Balaban J connectivity index is 1.74. The van der Waals surface area contributed by atoms with Crippen molar-refractivity contribution in [3.8, 4) is 0 Å². The fourth-order valence-electron chi connectivity index (χ4n) is 3.43. The molecule has 4 heteroatoms. The lowest BCUT2D eigenvalue weighted by Crippen LogP contribution is -2.43. The topological polar surface area (TPSA) is 54.0 Å². The highest BCUT2D eigenvalue weighted by atomic mass is 16.1. The van der Waals surface area contributed by atoms with Gasteiger partial charge in [0.15, 0.2) is 0 Å². The molecule has 1 fully saturated rings. The highest BCUT2D eigenvalue weighted by molar-refractivity contribution is 5.79. The number of hydrogen-bond acceptors (Lipinski definition) is 3. The summed E-state index contributed by atoms with van der Waals surface area (Å²) in [6.45, 7) is 5.13. The van der Waals surface area contributed by atoms with Crippen molar-refractivity contribution in [2.75, 3.05) is 6.54 Å². The molecule has 1 aliphatic heterocycles. The predicted octanol–water partition coefficient (Wildman–Crippen LogP) is 3.18. The van der Waals surface area contributed by atoms with E-state index < -0.39 is 0 Å². The largest absolute Gasteiger partial charge is 0.347 e. The minimum absolute atomic E-state index is 0.0838. The summed E-state index contributed by atoms with van der Waals surface area (Å²) in [6, 6.07) is 14.7. The number of aryl methyl sites for hydroxylation is 1. The fourth-order valence-corrected chi connectivity index (χ4v) is 3.43. The van der Waals surface area contributed by atoms with Gasteiger partial charge in [-0.3, -0.25) is 9.78 Å². The van der Waals surface area contributed by atoms with Crippen LogP contribution in [-0.2, 0) is 11.2 Å². The highest BCUT2D eigenvalue weighted by Crippen LogP contribution is 2.21. The van der Waals surface area contributed by atoms with Crippen LogP contribution in [0.3, 0.4) is 0 Å². The Morgan fingerprint density at radius 1 is 1.28 bits per heavy atom. The molecule has 1 unspecified atom stereocenters. The molecule has 0 bridgehead atoms. The Bertz CT molecular complexity index is 684. The lowest BCUT2D eigenvalue weighted by Gasteiger charge is -2.29. The minimum atomic E-state index is -0.0957. The molecule has 25 heavy (non-hydrogen) atoms. The molecule has 1 saturated heterocycles. The molecule has 0 saturated carbocycles. The smallest absolute Gasteiger partial charge is 0.223 e. The molecule has 2 heterocycles. The van der Waals surface area contributed by atoms with E-state index in [4.69, 9.17) is 0 Å². The van der Waals surface area contributed by atoms with Crippen LogP contribution in [-0.4, -0.2) is 23.5 Å². The molecule has 3 atom stereocenters. The van der Waals surface area contributed by atoms with Crippen molar-refractivity contribution in [2.24, 2.45) is 5.92 Å². The van der Waals surface area contributed by atoms with Gasteiger partial charge in [-0.1, -0.05) is 35.9 Å². The average molecular weight is 337 g/mol. The second-order valence-electron chi connectivity index (χ2n) is 7.08. The molecule has 1 aromatic carbocycles. The monoisotopic (exact) mass is 337 g/mol. The number of carbonyl (C=O) groups is 1. The van der Waals surface area contributed by atoms with Gasteiger partial charge in [-0.2, -0.15) is 0 Å². The summed E-state index contributed by atoms with van der Waals surface area (Å²) in [7, 11) is 0. The van der Waals surface area contributed by atoms with Crippen LogP contribution in [0.25, 0.3) is 0 Å². The third kappa shape index (κ3) is 4.89. The van der Waals surface area contributed by atoms with Crippen molar-refractivity contribution < 1.29 is 4.79 Å². The highest BCUT2D eigenvalue weighted by Gasteiger charge is 2.27. The third-order valence-electron chi connectivity index (χ3n) is 4.92. The fraction of sp³-hybridized carbons (Fsp3) is 0.429. The maximum absolute atomic E-state index is 12.8. The molecule has 0 spiro atoms. The van der Waals surface area contributed by atoms with Gasteiger partial charge in [0, 0.05) is 18.2 Å². The van der Waals surface area contributed by atoms with Gasteiger partial charge in [-0.05, 0) is 57.4 Å². The third-order valence-corrected chi connectivity index (χ3v) is 4.92. The Hall–Kier alpha value is -2.20. The van der Waals surface area contributed by atoms with Gasteiger partial charge >= 0.3 is 0 Å². The van der Waals surface area contributed by atoms with Gasteiger partial charge in [-0.15, -0.1) is 0 Å². The van der Waals surface area contributed by atoms with Crippen LogP contribution in [0.4, 0.5) is 0 Å². The first-order valence-corrected chi connectivity index (χ1v) is 9.12. The lowest BCUT2D eigenvalue weighted by atomic mass is 9.91. The molecule has 0 radical (unpaired) electrons. The summed E-state index contributed by atoms with van der Waals surface area (Å²) < 4.78 is 0. The average Bonchev–Trinajstić information content (AvgIpc) is 2.63. The van der Waals surface area contributed by atoms with E-state index in [1.165, 1.54) is 11.1 Å². The molecule has 4 nitrogen and oxygen atoms in total. The summed E-state index contributed by atoms with van der Waals surface area (Å²) in [4.78, 5) is 17.3. The van der Waals surface area contributed by atoms with Crippen molar-refractivity contribution in [2.45, 2.75) is 45.2 Å². The Morgan fingerprint density at radius 3 is 2.76 bits per heavy atom. The van der Waals surface area contributed by atoms with E-state index in [1.54, 1.807) is 6.20 Å². The van der Waals surface area contributed by atoms with Crippen LogP contribution in [0, 0.1) is 12.8 Å².